The number of phenolic OH excluding ortho intramolecular Hbond substituents is 1. The molecule has 2 aromatic rings. The van der Waals surface area contributed by atoms with E-state index in [-0.39, 0.29) is 16.3 Å². The molecule has 2 rings (SSSR count). The fraction of sp³-hybridized carbons (Fsp3) is 0.0714. The monoisotopic (exact) mass is 295 g/mol. The van der Waals surface area contributed by atoms with E-state index >= 15 is 0 Å². The highest BCUT2D eigenvalue weighted by molar-refractivity contribution is 6.34. The summed E-state index contributed by atoms with van der Waals surface area (Å²) in [6.07, 6.45) is 0. The maximum atomic E-state index is 12.1. The van der Waals surface area contributed by atoms with Gasteiger partial charge in [0, 0.05) is 11.6 Å². The number of benzene rings is 2. The first kappa shape index (κ1) is 13.7. The summed E-state index contributed by atoms with van der Waals surface area (Å²) in [5.41, 5.74) is 1.65. The molecule has 0 bridgehead atoms. The lowest BCUT2D eigenvalue weighted by atomic mass is 10.1. The number of para-hydroxylation sites is 1. The van der Waals surface area contributed by atoms with Gasteiger partial charge in [-0.25, -0.2) is 0 Å². The smallest absolute Gasteiger partial charge is 0.257 e. The molecule has 2 aromatic carbocycles. The van der Waals surface area contributed by atoms with Gasteiger partial charge in [0.1, 0.15) is 5.75 Å². The number of rotatable bonds is 3. The van der Waals surface area contributed by atoms with E-state index < -0.39 is 5.91 Å². The second-order valence-electron chi connectivity index (χ2n) is 3.91. The molecule has 0 aliphatic rings. The zero-order valence-corrected chi connectivity index (χ0v) is 11.4. The Balaban J connectivity index is 2.28. The van der Waals surface area contributed by atoms with Gasteiger partial charge in [-0.3, -0.25) is 4.79 Å². The summed E-state index contributed by atoms with van der Waals surface area (Å²) in [5.74, 6) is -0.108. The van der Waals surface area contributed by atoms with Crippen molar-refractivity contribution in [3.8, 4) is 5.75 Å². The molecular formula is C14H11Cl2NO2. The number of hydrogen-bond acceptors (Lipinski definition) is 2. The van der Waals surface area contributed by atoms with Crippen LogP contribution in [-0.4, -0.2) is 11.0 Å². The SMILES string of the molecule is O=C(Nc1ccccc1CCl)c1cc(O)ccc1Cl. The molecule has 0 aliphatic heterocycles. The second-order valence-corrected chi connectivity index (χ2v) is 4.58. The lowest BCUT2D eigenvalue weighted by molar-refractivity contribution is 0.102. The molecule has 0 atom stereocenters. The Morgan fingerprint density at radius 2 is 1.95 bits per heavy atom. The molecule has 0 saturated carbocycles. The summed E-state index contributed by atoms with van der Waals surface area (Å²) in [6.45, 7) is 0. The van der Waals surface area contributed by atoms with Crippen molar-refractivity contribution >= 4 is 34.8 Å². The van der Waals surface area contributed by atoms with Crippen molar-refractivity contribution in [3.05, 3.63) is 58.6 Å². The molecule has 0 saturated heterocycles. The molecule has 0 fully saturated rings. The molecule has 0 aromatic heterocycles. The number of hydrogen-bond donors (Lipinski definition) is 2. The fourth-order valence-electron chi connectivity index (χ4n) is 1.64. The van der Waals surface area contributed by atoms with Gasteiger partial charge in [-0.1, -0.05) is 29.8 Å². The number of carbonyl (C=O) groups excluding carboxylic acids is 1. The van der Waals surface area contributed by atoms with Crippen LogP contribution in [0.15, 0.2) is 42.5 Å². The number of carbonyl (C=O) groups is 1. The largest absolute Gasteiger partial charge is 0.508 e. The molecule has 1 amide bonds. The van der Waals surface area contributed by atoms with Crippen molar-refractivity contribution in [1.29, 1.82) is 0 Å². The highest BCUT2D eigenvalue weighted by atomic mass is 35.5. The minimum absolute atomic E-state index is 0.0137. The predicted octanol–water partition coefficient (Wildman–Crippen LogP) is 4.04. The molecule has 5 heteroatoms. The van der Waals surface area contributed by atoms with Crippen LogP contribution in [0.2, 0.25) is 5.02 Å². The van der Waals surface area contributed by atoms with Crippen molar-refractivity contribution < 1.29 is 9.90 Å². The number of phenols is 1. The molecule has 19 heavy (non-hydrogen) atoms. The van der Waals surface area contributed by atoms with Gasteiger partial charge in [0.15, 0.2) is 0 Å². The molecular weight excluding hydrogens is 285 g/mol. The van der Waals surface area contributed by atoms with E-state index in [0.29, 0.717) is 11.6 Å². The van der Waals surface area contributed by atoms with Crippen LogP contribution in [0.1, 0.15) is 15.9 Å². The molecule has 0 radical (unpaired) electrons. The van der Waals surface area contributed by atoms with Crippen LogP contribution < -0.4 is 5.32 Å². The highest BCUT2D eigenvalue weighted by Crippen LogP contribution is 2.23. The zero-order chi connectivity index (χ0) is 13.8. The topological polar surface area (TPSA) is 49.3 Å². The number of anilines is 1. The number of aromatic hydroxyl groups is 1. The summed E-state index contributed by atoms with van der Waals surface area (Å²) in [7, 11) is 0. The number of nitrogens with one attached hydrogen (secondary N) is 1. The van der Waals surface area contributed by atoms with E-state index in [2.05, 4.69) is 5.32 Å². The molecule has 3 nitrogen and oxygen atoms in total. The fourth-order valence-corrected chi connectivity index (χ4v) is 2.07. The summed E-state index contributed by atoms with van der Waals surface area (Å²) in [4.78, 5) is 12.1. The third-order valence-corrected chi connectivity index (χ3v) is 3.22. The maximum Gasteiger partial charge on any atom is 0.257 e. The number of amides is 1. The van der Waals surface area contributed by atoms with Gasteiger partial charge in [0.05, 0.1) is 10.6 Å². The van der Waals surface area contributed by atoms with E-state index in [0.717, 1.165) is 5.56 Å². The minimum Gasteiger partial charge on any atom is -0.508 e. The minimum atomic E-state index is -0.390. The van der Waals surface area contributed by atoms with Crippen molar-refractivity contribution in [1.82, 2.24) is 0 Å². The quantitative estimate of drug-likeness (QED) is 0.840. The molecule has 0 heterocycles. The summed E-state index contributed by atoms with van der Waals surface area (Å²) in [5, 5.41) is 12.4. The number of alkyl halides is 1. The third-order valence-electron chi connectivity index (χ3n) is 2.60. The van der Waals surface area contributed by atoms with E-state index in [1.807, 2.05) is 12.1 Å². The summed E-state index contributed by atoms with van der Waals surface area (Å²) in [6, 6.07) is 11.4. The van der Waals surface area contributed by atoms with Crippen molar-refractivity contribution in [2.24, 2.45) is 0 Å². The van der Waals surface area contributed by atoms with Crippen molar-refractivity contribution in [3.63, 3.8) is 0 Å². The first-order valence-corrected chi connectivity index (χ1v) is 6.47. The molecule has 0 spiro atoms. The average Bonchev–Trinajstić information content (AvgIpc) is 2.42. The van der Waals surface area contributed by atoms with E-state index in [9.17, 15) is 9.90 Å². The van der Waals surface area contributed by atoms with Gasteiger partial charge in [-0.05, 0) is 29.8 Å². The Bertz CT molecular complexity index is 614. The molecule has 0 aliphatic carbocycles. The van der Waals surface area contributed by atoms with E-state index in [4.69, 9.17) is 23.2 Å². The van der Waals surface area contributed by atoms with Gasteiger partial charge in [-0.2, -0.15) is 0 Å². The molecule has 0 unspecified atom stereocenters. The highest BCUT2D eigenvalue weighted by Gasteiger charge is 2.12. The molecule has 2 N–H and O–H groups in total. The first-order valence-electron chi connectivity index (χ1n) is 5.55. The van der Waals surface area contributed by atoms with Crippen LogP contribution in [0.5, 0.6) is 5.75 Å². The average molecular weight is 296 g/mol. The maximum absolute atomic E-state index is 12.1. The van der Waals surface area contributed by atoms with Crippen LogP contribution in [0.25, 0.3) is 0 Å². The van der Waals surface area contributed by atoms with Crippen molar-refractivity contribution in [2.45, 2.75) is 5.88 Å². The second kappa shape index (κ2) is 5.95. The van der Waals surface area contributed by atoms with Crippen LogP contribution in [0.3, 0.4) is 0 Å². The summed E-state index contributed by atoms with van der Waals surface area (Å²) >= 11 is 11.7. The Labute approximate surface area is 120 Å². The van der Waals surface area contributed by atoms with Crippen LogP contribution in [0, 0.1) is 0 Å². The predicted molar refractivity (Wildman–Crippen MR) is 77.1 cm³/mol. The normalized spacial score (nSPS) is 10.2. The van der Waals surface area contributed by atoms with Gasteiger partial charge in [0.2, 0.25) is 0 Å². The standard InChI is InChI=1S/C14H11Cl2NO2/c15-8-9-3-1-2-4-13(9)17-14(19)11-7-10(18)5-6-12(11)16/h1-7,18H,8H2,(H,17,19). The first-order chi connectivity index (χ1) is 9.11. The Morgan fingerprint density at radius 1 is 1.21 bits per heavy atom. The number of halogens is 2. The lowest BCUT2D eigenvalue weighted by Gasteiger charge is -2.10. The van der Waals surface area contributed by atoms with Gasteiger partial charge in [0.25, 0.3) is 5.91 Å². The summed E-state index contributed by atoms with van der Waals surface area (Å²) < 4.78 is 0. The van der Waals surface area contributed by atoms with Gasteiger partial charge in [-0.15, -0.1) is 11.6 Å². The Kier molecular flexibility index (Phi) is 4.30. The van der Waals surface area contributed by atoms with Crippen LogP contribution in [-0.2, 0) is 5.88 Å². The van der Waals surface area contributed by atoms with Crippen molar-refractivity contribution in [2.75, 3.05) is 5.32 Å². The van der Waals surface area contributed by atoms with Gasteiger partial charge >= 0.3 is 0 Å². The molecule has 98 valence electrons. The van der Waals surface area contributed by atoms with E-state index in [1.165, 1.54) is 18.2 Å². The zero-order valence-electron chi connectivity index (χ0n) is 9.86. The van der Waals surface area contributed by atoms with E-state index in [1.54, 1.807) is 12.1 Å². The third kappa shape index (κ3) is 3.19. The van der Waals surface area contributed by atoms with Crippen LogP contribution in [0.4, 0.5) is 5.69 Å². The van der Waals surface area contributed by atoms with Crippen LogP contribution >= 0.6 is 23.2 Å². The lowest BCUT2D eigenvalue weighted by Crippen LogP contribution is -2.13. The Hall–Kier alpha value is -1.71. The Morgan fingerprint density at radius 3 is 2.68 bits per heavy atom. The van der Waals surface area contributed by atoms with Gasteiger partial charge < -0.3 is 10.4 Å².